The Balaban J connectivity index is 2.11. The minimum atomic E-state index is -0.384. The lowest BCUT2D eigenvalue weighted by Crippen LogP contribution is -2.32. The molecule has 2 amide bonds. The summed E-state index contributed by atoms with van der Waals surface area (Å²) in [4.78, 5) is 28.7. The quantitative estimate of drug-likeness (QED) is 0.758. The predicted molar refractivity (Wildman–Crippen MR) is 90.1 cm³/mol. The Hall–Kier alpha value is -2.45. The molecule has 0 radical (unpaired) electrons. The summed E-state index contributed by atoms with van der Waals surface area (Å²) in [6, 6.07) is 6.78. The SMILES string of the molecule is COCCNC(=O)Cn1ccsc1=NC(=O)c1cccc(OC)c1. The molecule has 0 atom stereocenters. The number of benzene rings is 1. The van der Waals surface area contributed by atoms with E-state index in [0.717, 1.165) is 0 Å². The summed E-state index contributed by atoms with van der Waals surface area (Å²) < 4.78 is 11.6. The molecule has 8 heteroatoms. The fraction of sp³-hybridized carbons (Fsp3) is 0.312. The molecule has 0 fully saturated rings. The van der Waals surface area contributed by atoms with Crippen LogP contribution in [-0.2, 0) is 16.1 Å². The lowest BCUT2D eigenvalue weighted by molar-refractivity contribution is -0.121. The van der Waals surface area contributed by atoms with E-state index in [0.29, 0.717) is 29.3 Å². The van der Waals surface area contributed by atoms with Crippen LogP contribution < -0.4 is 14.9 Å². The van der Waals surface area contributed by atoms with E-state index < -0.39 is 0 Å². The summed E-state index contributed by atoms with van der Waals surface area (Å²) in [5.74, 6) is 0.0400. The Bertz CT molecular complexity index is 766. The van der Waals surface area contributed by atoms with Gasteiger partial charge in [-0.05, 0) is 18.2 Å². The monoisotopic (exact) mass is 349 g/mol. The lowest BCUT2D eigenvalue weighted by Gasteiger charge is -2.05. The van der Waals surface area contributed by atoms with Crippen molar-refractivity contribution in [2.24, 2.45) is 4.99 Å². The van der Waals surface area contributed by atoms with Gasteiger partial charge in [-0.1, -0.05) is 6.07 Å². The number of amides is 2. The molecule has 1 heterocycles. The molecule has 0 bridgehead atoms. The molecule has 1 aromatic carbocycles. The highest BCUT2D eigenvalue weighted by molar-refractivity contribution is 7.07. The topological polar surface area (TPSA) is 81.9 Å². The predicted octanol–water partition coefficient (Wildman–Crippen LogP) is 1.06. The van der Waals surface area contributed by atoms with Gasteiger partial charge >= 0.3 is 0 Å². The van der Waals surface area contributed by atoms with E-state index in [1.165, 1.54) is 18.4 Å². The van der Waals surface area contributed by atoms with E-state index in [1.807, 2.05) is 0 Å². The Labute approximate surface area is 143 Å². The van der Waals surface area contributed by atoms with Crippen molar-refractivity contribution in [2.45, 2.75) is 6.54 Å². The first-order valence-electron chi connectivity index (χ1n) is 7.26. The summed E-state index contributed by atoms with van der Waals surface area (Å²) in [5, 5.41) is 4.50. The van der Waals surface area contributed by atoms with Gasteiger partial charge in [-0.25, -0.2) is 0 Å². The molecular weight excluding hydrogens is 330 g/mol. The van der Waals surface area contributed by atoms with Crippen molar-refractivity contribution in [3.63, 3.8) is 0 Å². The second kappa shape index (κ2) is 8.99. The summed E-state index contributed by atoms with van der Waals surface area (Å²) >= 11 is 1.29. The van der Waals surface area contributed by atoms with Gasteiger partial charge in [0.1, 0.15) is 12.3 Å². The van der Waals surface area contributed by atoms with Crippen molar-refractivity contribution in [3.8, 4) is 5.75 Å². The van der Waals surface area contributed by atoms with Crippen LogP contribution in [0.3, 0.4) is 0 Å². The van der Waals surface area contributed by atoms with E-state index in [4.69, 9.17) is 9.47 Å². The van der Waals surface area contributed by atoms with Crippen molar-refractivity contribution >= 4 is 23.2 Å². The van der Waals surface area contributed by atoms with Crippen molar-refractivity contribution in [2.75, 3.05) is 27.4 Å². The van der Waals surface area contributed by atoms with Crippen LogP contribution in [-0.4, -0.2) is 43.8 Å². The van der Waals surface area contributed by atoms with E-state index >= 15 is 0 Å². The van der Waals surface area contributed by atoms with Crippen molar-refractivity contribution in [1.29, 1.82) is 0 Å². The molecule has 7 nitrogen and oxygen atoms in total. The van der Waals surface area contributed by atoms with E-state index in [9.17, 15) is 9.59 Å². The molecule has 0 spiro atoms. The third-order valence-electron chi connectivity index (χ3n) is 3.12. The van der Waals surface area contributed by atoms with Crippen LogP contribution in [0.25, 0.3) is 0 Å². The molecule has 0 saturated heterocycles. The normalized spacial score (nSPS) is 11.3. The van der Waals surface area contributed by atoms with E-state index in [2.05, 4.69) is 10.3 Å². The van der Waals surface area contributed by atoms with Gasteiger partial charge in [0.25, 0.3) is 5.91 Å². The Morgan fingerprint density at radius 3 is 2.92 bits per heavy atom. The number of nitrogens with zero attached hydrogens (tertiary/aromatic N) is 2. The van der Waals surface area contributed by atoms with Crippen LogP contribution in [0.15, 0.2) is 40.8 Å². The van der Waals surface area contributed by atoms with Crippen LogP contribution in [0.2, 0.25) is 0 Å². The average molecular weight is 349 g/mol. The number of rotatable bonds is 7. The molecule has 0 aliphatic heterocycles. The standard InChI is InChI=1S/C16H19N3O4S/c1-22-8-6-17-14(20)11-19-7-9-24-16(19)18-15(21)12-4-3-5-13(10-12)23-2/h3-5,7,9-10H,6,8,11H2,1-2H3,(H,17,20). The second-order valence-electron chi connectivity index (χ2n) is 4.81. The van der Waals surface area contributed by atoms with Gasteiger partial charge in [-0.2, -0.15) is 4.99 Å². The molecule has 24 heavy (non-hydrogen) atoms. The van der Waals surface area contributed by atoms with Gasteiger partial charge in [-0.15, -0.1) is 11.3 Å². The first-order chi connectivity index (χ1) is 11.6. The Morgan fingerprint density at radius 2 is 2.17 bits per heavy atom. The van der Waals surface area contributed by atoms with Gasteiger partial charge in [0.2, 0.25) is 5.91 Å². The molecule has 2 rings (SSSR count). The van der Waals surface area contributed by atoms with Crippen LogP contribution >= 0.6 is 11.3 Å². The summed E-state index contributed by atoms with van der Waals surface area (Å²) in [7, 11) is 3.11. The molecule has 0 aliphatic carbocycles. The van der Waals surface area contributed by atoms with Crippen LogP contribution in [0.4, 0.5) is 0 Å². The summed E-state index contributed by atoms with van der Waals surface area (Å²) in [6.45, 7) is 0.984. The minimum absolute atomic E-state index is 0.0947. The minimum Gasteiger partial charge on any atom is -0.497 e. The van der Waals surface area contributed by atoms with Gasteiger partial charge in [0.05, 0.1) is 13.7 Å². The highest BCUT2D eigenvalue weighted by atomic mass is 32.1. The number of hydrogen-bond acceptors (Lipinski definition) is 5. The van der Waals surface area contributed by atoms with Crippen molar-refractivity contribution in [1.82, 2.24) is 9.88 Å². The first-order valence-corrected chi connectivity index (χ1v) is 8.14. The molecule has 1 aromatic heterocycles. The number of aromatic nitrogens is 1. The highest BCUT2D eigenvalue weighted by Crippen LogP contribution is 2.13. The van der Waals surface area contributed by atoms with Crippen molar-refractivity contribution < 1.29 is 19.1 Å². The molecule has 0 aliphatic rings. The highest BCUT2D eigenvalue weighted by Gasteiger charge is 2.08. The molecule has 2 aromatic rings. The van der Waals surface area contributed by atoms with Gasteiger partial charge < -0.3 is 19.4 Å². The Kier molecular flexibility index (Phi) is 6.71. The summed E-state index contributed by atoms with van der Waals surface area (Å²) in [5.41, 5.74) is 0.429. The number of ether oxygens (including phenoxy) is 2. The number of methoxy groups -OCH3 is 2. The molecule has 0 saturated carbocycles. The number of thiazole rings is 1. The second-order valence-corrected chi connectivity index (χ2v) is 5.68. The molecule has 128 valence electrons. The van der Waals surface area contributed by atoms with Gasteiger partial charge in [0.15, 0.2) is 4.80 Å². The van der Waals surface area contributed by atoms with Crippen molar-refractivity contribution in [3.05, 3.63) is 46.2 Å². The summed E-state index contributed by atoms with van der Waals surface area (Å²) in [6.07, 6.45) is 1.72. The van der Waals surface area contributed by atoms with Gasteiger partial charge in [-0.3, -0.25) is 9.59 Å². The lowest BCUT2D eigenvalue weighted by atomic mass is 10.2. The largest absolute Gasteiger partial charge is 0.497 e. The number of hydrogen-bond donors (Lipinski definition) is 1. The van der Waals surface area contributed by atoms with E-state index in [-0.39, 0.29) is 18.4 Å². The zero-order chi connectivity index (χ0) is 17.4. The van der Waals surface area contributed by atoms with E-state index in [1.54, 1.807) is 47.5 Å². The molecule has 1 N–H and O–H groups in total. The van der Waals surface area contributed by atoms with Gasteiger partial charge in [0, 0.05) is 30.8 Å². The Morgan fingerprint density at radius 1 is 1.33 bits per heavy atom. The van der Waals surface area contributed by atoms with Crippen LogP contribution in [0.1, 0.15) is 10.4 Å². The maximum Gasteiger partial charge on any atom is 0.279 e. The number of nitrogens with one attached hydrogen (secondary N) is 1. The fourth-order valence-electron chi connectivity index (χ4n) is 1.92. The maximum atomic E-state index is 12.3. The third kappa shape index (κ3) is 5.04. The zero-order valence-corrected chi connectivity index (χ0v) is 14.3. The smallest absolute Gasteiger partial charge is 0.279 e. The maximum absolute atomic E-state index is 12.3. The van der Waals surface area contributed by atoms with Crippen LogP contribution in [0, 0.1) is 0 Å². The zero-order valence-electron chi connectivity index (χ0n) is 13.5. The number of carbonyl (C=O) groups excluding carboxylic acids is 2. The fourth-order valence-corrected chi connectivity index (χ4v) is 2.64. The first kappa shape index (κ1) is 17.9. The molecular formula is C16H19N3O4S. The molecule has 0 unspecified atom stereocenters. The van der Waals surface area contributed by atoms with Crippen LogP contribution in [0.5, 0.6) is 5.75 Å². The third-order valence-corrected chi connectivity index (χ3v) is 3.91. The number of carbonyl (C=O) groups is 2. The average Bonchev–Trinajstić information content (AvgIpc) is 3.01.